The molecule has 0 N–H and O–H groups in total. The van der Waals surface area contributed by atoms with E-state index in [2.05, 4.69) is 29.3 Å². The minimum Gasteiger partial charge on any atom is -0.265 e. The third-order valence-electron chi connectivity index (χ3n) is 1.97. The highest BCUT2D eigenvalue weighted by atomic mass is 14.6. The predicted octanol–water partition coefficient (Wildman–Crippen LogP) is 3.25. The lowest BCUT2D eigenvalue weighted by molar-refractivity contribution is 1.32. The molecule has 0 aliphatic heterocycles. The van der Waals surface area contributed by atoms with E-state index in [0.717, 1.165) is 0 Å². The van der Waals surface area contributed by atoms with Gasteiger partial charge >= 0.3 is 0 Å². The minimum atomic E-state index is 1.17. The number of hydrogen-bond acceptors (Lipinski definition) is 1. The predicted molar refractivity (Wildman–Crippen MR) is 59.6 cm³/mol. The Morgan fingerprint density at radius 3 is 1.93 bits per heavy atom. The Kier molecular flexibility index (Phi) is 2.72. The molecule has 2 rings (SSSR count). The van der Waals surface area contributed by atoms with Gasteiger partial charge in [-0.25, -0.2) is 0 Å². The van der Waals surface area contributed by atoms with Crippen LogP contribution in [0.25, 0.3) is 12.2 Å². The Hall–Kier alpha value is -1.89. The summed E-state index contributed by atoms with van der Waals surface area (Å²) in [6, 6.07) is 14.2. The average molecular weight is 181 g/mol. The van der Waals surface area contributed by atoms with E-state index in [4.69, 9.17) is 0 Å². The van der Waals surface area contributed by atoms with Crippen LogP contribution in [-0.4, -0.2) is 4.98 Å². The zero-order chi connectivity index (χ0) is 9.64. The topological polar surface area (TPSA) is 12.9 Å². The maximum absolute atomic E-state index is 3.97. The maximum atomic E-state index is 3.97. The van der Waals surface area contributed by atoms with Crippen LogP contribution in [0.3, 0.4) is 0 Å². The molecule has 0 spiro atoms. The van der Waals surface area contributed by atoms with Gasteiger partial charge in [0.25, 0.3) is 0 Å². The molecule has 0 amide bonds. The van der Waals surface area contributed by atoms with Gasteiger partial charge in [0.2, 0.25) is 0 Å². The Morgan fingerprint density at radius 2 is 1.29 bits per heavy atom. The van der Waals surface area contributed by atoms with Gasteiger partial charge in [-0.15, -0.1) is 0 Å². The van der Waals surface area contributed by atoms with Crippen molar-refractivity contribution in [1.82, 2.24) is 4.98 Å². The monoisotopic (exact) mass is 181 g/mol. The summed E-state index contributed by atoms with van der Waals surface area (Å²) in [7, 11) is 0. The summed E-state index contributed by atoms with van der Waals surface area (Å²) < 4.78 is 0. The first-order chi connectivity index (χ1) is 6.95. The molecule has 1 aromatic carbocycles. The molecule has 0 atom stereocenters. The van der Waals surface area contributed by atoms with Gasteiger partial charge in [-0.3, -0.25) is 4.98 Å². The van der Waals surface area contributed by atoms with Crippen molar-refractivity contribution in [2.75, 3.05) is 0 Å². The van der Waals surface area contributed by atoms with Crippen LogP contribution in [0.2, 0.25) is 0 Å². The van der Waals surface area contributed by atoms with E-state index in [1.165, 1.54) is 11.1 Å². The second-order valence-corrected chi connectivity index (χ2v) is 3.02. The molecular formula is C13H11N. The molecule has 0 saturated heterocycles. The fourth-order valence-electron chi connectivity index (χ4n) is 1.23. The average Bonchev–Trinajstić information content (AvgIpc) is 2.29. The van der Waals surface area contributed by atoms with Crippen LogP contribution in [0.4, 0.5) is 0 Å². The Morgan fingerprint density at radius 1 is 0.714 bits per heavy atom. The van der Waals surface area contributed by atoms with Gasteiger partial charge in [0.1, 0.15) is 0 Å². The van der Waals surface area contributed by atoms with Gasteiger partial charge in [-0.1, -0.05) is 42.5 Å². The summed E-state index contributed by atoms with van der Waals surface area (Å²) in [4.78, 5) is 3.97. The summed E-state index contributed by atoms with van der Waals surface area (Å²) in [5, 5.41) is 0. The molecule has 14 heavy (non-hydrogen) atoms. The van der Waals surface area contributed by atoms with Crippen molar-refractivity contribution >= 4 is 12.2 Å². The van der Waals surface area contributed by atoms with Gasteiger partial charge < -0.3 is 0 Å². The van der Waals surface area contributed by atoms with E-state index >= 15 is 0 Å². The normalized spacial score (nSPS) is 10.6. The summed E-state index contributed by atoms with van der Waals surface area (Å²) in [6.45, 7) is 0. The highest BCUT2D eigenvalue weighted by Gasteiger charge is 1.84. The van der Waals surface area contributed by atoms with E-state index in [9.17, 15) is 0 Å². The number of aromatic nitrogens is 1. The van der Waals surface area contributed by atoms with Crippen molar-refractivity contribution in [2.24, 2.45) is 0 Å². The molecule has 0 unspecified atom stereocenters. The lowest BCUT2D eigenvalue weighted by Gasteiger charge is -1.92. The summed E-state index contributed by atoms with van der Waals surface area (Å²) >= 11 is 0. The van der Waals surface area contributed by atoms with Crippen LogP contribution in [0.1, 0.15) is 11.1 Å². The number of rotatable bonds is 2. The lowest BCUT2D eigenvalue weighted by Crippen LogP contribution is -1.73. The van der Waals surface area contributed by atoms with Crippen LogP contribution in [0.15, 0.2) is 54.9 Å². The summed E-state index contributed by atoms with van der Waals surface area (Å²) in [5.74, 6) is 0. The second kappa shape index (κ2) is 4.38. The van der Waals surface area contributed by atoms with Crippen molar-refractivity contribution < 1.29 is 0 Å². The number of nitrogens with zero attached hydrogens (tertiary/aromatic N) is 1. The van der Waals surface area contributed by atoms with Gasteiger partial charge in [0, 0.05) is 12.4 Å². The van der Waals surface area contributed by atoms with Crippen molar-refractivity contribution in [2.45, 2.75) is 0 Å². The SMILES string of the molecule is C(=C\c1ccncc1)/c1ccccc1. The van der Waals surface area contributed by atoms with Crippen LogP contribution < -0.4 is 0 Å². The van der Waals surface area contributed by atoms with E-state index in [1.54, 1.807) is 12.4 Å². The molecule has 1 heterocycles. The van der Waals surface area contributed by atoms with Crippen molar-refractivity contribution in [3.63, 3.8) is 0 Å². The molecule has 1 nitrogen and oxygen atoms in total. The minimum absolute atomic E-state index is 1.17. The molecule has 68 valence electrons. The fourth-order valence-corrected chi connectivity index (χ4v) is 1.23. The van der Waals surface area contributed by atoms with E-state index in [-0.39, 0.29) is 0 Å². The third-order valence-corrected chi connectivity index (χ3v) is 1.97. The van der Waals surface area contributed by atoms with Gasteiger partial charge in [-0.05, 0) is 23.3 Å². The first kappa shape index (κ1) is 8.70. The molecule has 0 bridgehead atoms. The summed E-state index contributed by atoms with van der Waals surface area (Å²) in [5.41, 5.74) is 2.38. The smallest absolute Gasteiger partial charge is 0.0273 e. The molecule has 0 saturated carbocycles. The molecule has 1 aromatic heterocycles. The van der Waals surface area contributed by atoms with Crippen molar-refractivity contribution in [1.29, 1.82) is 0 Å². The van der Waals surface area contributed by atoms with Crippen LogP contribution in [-0.2, 0) is 0 Å². The molecular weight excluding hydrogens is 170 g/mol. The first-order valence-corrected chi connectivity index (χ1v) is 4.58. The van der Waals surface area contributed by atoms with Crippen molar-refractivity contribution in [3.8, 4) is 0 Å². The third kappa shape index (κ3) is 2.30. The quantitative estimate of drug-likeness (QED) is 0.693. The van der Waals surface area contributed by atoms with Crippen molar-refractivity contribution in [3.05, 3.63) is 66.0 Å². The Balaban J connectivity index is 2.16. The van der Waals surface area contributed by atoms with E-state index in [1.807, 2.05) is 30.3 Å². The van der Waals surface area contributed by atoms with E-state index < -0.39 is 0 Å². The maximum Gasteiger partial charge on any atom is 0.0273 e. The first-order valence-electron chi connectivity index (χ1n) is 4.58. The molecule has 2 aromatic rings. The van der Waals surface area contributed by atoms with Crippen LogP contribution in [0, 0.1) is 0 Å². The molecule has 0 radical (unpaired) electrons. The lowest BCUT2D eigenvalue weighted by atomic mass is 10.2. The molecule has 0 fully saturated rings. The van der Waals surface area contributed by atoms with Crippen LogP contribution >= 0.6 is 0 Å². The highest BCUT2D eigenvalue weighted by Crippen LogP contribution is 2.06. The Bertz CT molecular complexity index is 362. The second-order valence-electron chi connectivity index (χ2n) is 3.02. The van der Waals surface area contributed by atoms with Gasteiger partial charge in [-0.2, -0.15) is 0 Å². The largest absolute Gasteiger partial charge is 0.265 e. The number of pyridine rings is 1. The highest BCUT2D eigenvalue weighted by molar-refractivity contribution is 5.69. The number of benzene rings is 1. The Labute approximate surface area is 83.7 Å². The fraction of sp³-hybridized carbons (Fsp3) is 0. The molecule has 0 aliphatic rings. The zero-order valence-corrected chi connectivity index (χ0v) is 7.80. The molecule has 1 heteroatoms. The van der Waals surface area contributed by atoms with Gasteiger partial charge in [0.15, 0.2) is 0 Å². The summed E-state index contributed by atoms with van der Waals surface area (Å²) in [6.07, 6.45) is 7.77. The zero-order valence-electron chi connectivity index (χ0n) is 7.80. The van der Waals surface area contributed by atoms with Crippen LogP contribution in [0.5, 0.6) is 0 Å². The van der Waals surface area contributed by atoms with E-state index in [0.29, 0.717) is 0 Å². The standard InChI is InChI=1S/C13H11N/c1-2-4-12(5-3-1)6-7-13-8-10-14-11-9-13/h1-11H/b7-6+. The number of hydrogen-bond donors (Lipinski definition) is 0. The molecule has 0 aliphatic carbocycles. The van der Waals surface area contributed by atoms with Gasteiger partial charge in [0.05, 0.1) is 0 Å².